The summed E-state index contributed by atoms with van der Waals surface area (Å²) in [5.74, 6) is 0.430. The van der Waals surface area contributed by atoms with E-state index in [0.29, 0.717) is 19.0 Å². The minimum atomic E-state index is -0.267. The van der Waals surface area contributed by atoms with Crippen LogP contribution in [0, 0.1) is 0 Å². The Morgan fingerprint density at radius 2 is 2.05 bits per heavy atom. The average Bonchev–Trinajstić information content (AvgIpc) is 2.72. The molecule has 0 aromatic heterocycles. The Morgan fingerprint density at radius 3 is 2.81 bits per heavy atom. The van der Waals surface area contributed by atoms with Crippen LogP contribution in [0.15, 0.2) is 24.3 Å². The molecule has 1 fully saturated rings. The van der Waals surface area contributed by atoms with Crippen molar-refractivity contribution in [3.63, 3.8) is 0 Å². The number of amides is 3. The molecule has 5 heteroatoms. The van der Waals surface area contributed by atoms with Crippen molar-refractivity contribution in [2.45, 2.75) is 25.7 Å². The molecule has 0 unspecified atom stereocenters. The van der Waals surface area contributed by atoms with Crippen molar-refractivity contribution in [3.05, 3.63) is 29.8 Å². The van der Waals surface area contributed by atoms with E-state index in [1.165, 1.54) is 22.6 Å². The molecule has 2 aliphatic rings. The van der Waals surface area contributed by atoms with E-state index < -0.39 is 0 Å². The molecule has 21 heavy (non-hydrogen) atoms. The second kappa shape index (κ2) is 5.76. The van der Waals surface area contributed by atoms with Gasteiger partial charge < -0.3 is 10.2 Å². The van der Waals surface area contributed by atoms with Gasteiger partial charge in [0.15, 0.2) is 0 Å². The van der Waals surface area contributed by atoms with Crippen LogP contribution in [-0.2, 0) is 4.79 Å². The van der Waals surface area contributed by atoms with Crippen LogP contribution in [0.1, 0.15) is 31.2 Å². The number of para-hydroxylation sites is 1. The largest absolute Gasteiger partial charge is 0.370 e. The normalized spacial score (nSPS) is 22.0. The average molecular weight is 287 g/mol. The maximum absolute atomic E-state index is 11.6. The lowest BCUT2D eigenvalue weighted by molar-refractivity contribution is -0.124. The van der Waals surface area contributed by atoms with Gasteiger partial charge in [0.2, 0.25) is 5.91 Å². The highest BCUT2D eigenvalue weighted by Gasteiger charge is 2.29. The summed E-state index contributed by atoms with van der Waals surface area (Å²) < 4.78 is 0. The summed E-state index contributed by atoms with van der Waals surface area (Å²) in [5.41, 5.74) is 2.61. The smallest absolute Gasteiger partial charge is 0.324 e. The molecule has 0 aliphatic carbocycles. The van der Waals surface area contributed by atoms with Crippen molar-refractivity contribution in [1.29, 1.82) is 0 Å². The number of hydrogen-bond acceptors (Lipinski definition) is 3. The molecule has 3 amide bonds. The molecule has 1 aromatic carbocycles. The van der Waals surface area contributed by atoms with E-state index in [2.05, 4.69) is 41.4 Å². The lowest BCUT2D eigenvalue weighted by atomic mass is 9.96. The maximum atomic E-state index is 11.6. The summed E-state index contributed by atoms with van der Waals surface area (Å²) in [6.45, 7) is 4.52. The zero-order valence-electron chi connectivity index (χ0n) is 12.3. The summed E-state index contributed by atoms with van der Waals surface area (Å²) in [4.78, 5) is 26.9. The van der Waals surface area contributed by atoms with Crippen LogP contribution in [0.4, 0.5) is 10.5 Å². The van der Waals surface area contributed by atoms with Gasteiger partial charge in [0.05, 0.1) is 6.54 Å². The highest BCUT2D eigenvalue weighted by molar-refractivity contribution is 6.01. The standard InChI is InChI=1S/C16H21N3O2/c1-12-5-4-8-18(14-7-3-2-6-13(12)14)9-10-19-15(20)11-17-16(19)21/h2-3,6-7,12H,4-5,8-11H2,1H3,(H,17,21)/t12-/m1/s1. The van der Waals surface area contributed by atoms with Crippen LogP contribution in [0.25, 0.3) is 0 Å². The van der Waals surface area contributed by atoms with Crippen LogP contribution in [0.3, 0.4) is 0 Å². The molecule has 1 N–H and O–H groups in total. The molecule has 2 aliphatic heterocycles. The van der Waals surface area contributed by atoms with E-state index in [1.807, 2.05) is 0 Å². The van der Waals surface area contributed by atoms with Gasteiger partial charge in [0.25, 0.3) is 0 Å². The minimum Gasteiger partial charge on any atom is -0.370 e. The van der Waals surface area contributed by atoms with Gasteiger partial charge in [-0.05, 0) is 30.4 Å². The zero-order valence-corrected chi connectivity index (χ0v) is 12.3. The van der Waals surface area contributed by atoms with Gasteiger partial charge >= 0.3 is 6.03 Å². The van der Waals surface area contributed by atoms with E-state index >= 15 is 0 Å². The summed E-state index contributed by atoms with van der Waals surface area (Å²) in [6, 6.07) is 8.19. The number of hydrogen-bond donors (Lipinski definition) is 1. The fourth-order valence-corrected chi connectivity index (χ4v) is 3.19. The van der Waals surface area contributed by atoms with Crippen molar-refractivity contribution in [1.82, 2.24) is 10.2 Å². The second-order valence-electron chi connectivity index (χ2n) is 5.79. The van der Waals surface area contributed by atoms with Gasteiger partial charge in [0.1, 0.15) is 0 Å². The molecule has 5 nitrogen and oxygen atoms in total. The van der Waals surface area contributed by atoms with E-state index in [4.69, 9.17) is 0 Å². The van der Waals surface area contributed by atoms with Gasteiger partial charge in [-0.25, -0.2) is 4.79 Å². The Bertz CT molecular complexity index is 542. The fourth-order valence-electron chi connectivity index (χ4n) is 3.19. The summed E-state index contributed by atoms with van der Waals surface area (Å²) in [7, 11) is 0. The highest BCUT2D eigenvalue weighted by atomic mass is 16.2. The molecule has 1 saturated heterocycles. The minimum absolute atomic E-state index is 0.128. The molecule has 112 valence electrons. The van der Waals surface area contributed by atoms with Crippen molar-refractivity contribution >= 4 is 17.6 Å². The monoisotopic (exact) mass is 287 g/mol. The molecule has 1 aromatic rings. The quantitative estimate of drug-likeness (QED) is 0.864. The molecule has 0 spiro atoms. The second-order valence-corrected chi connectivity index (χ2v) is 5.79. The Morgan fingerprint density at radius 1 is 1.24 bits per heavy atom. The van der Waals surface area contributed by atoms with E-state index in [-0.39, 0.29) is 18.5 Å². The van der Waals surface area contributed by atoms with Crippen LogP contribution in [0.5, 0.6) is 0 Å². The van der Waals surface area contributed by atoms with Crippen molar-refractivity contribution in [2.75, 3.05) is 31.1 Å². The van der Waals surface area contributed by atoms with Crippen molar-refractivity contribution in [3.8, 4) is 0 Å². The van der Waals surface area contributed by atoms with Crippen molar-refractivity contribution in [2.24, 2.45) is 0 Å². The van der Waals surface area contributed by atoms with Crippen LogP contribution < -0.4 is 10.2 Å². The number of anilines is 1. The van der Waals surface area contributed by atoms with Crippen LogP contribution in [-0.4, -0.2) is 43.0 Å². The Hall–Kier alpha value is -2.04. The number of imide groups is 1. The molecular formula is C16H21N3O2. The van der Waals surface area contributed by atoms with E-state index in [0.717, 1.165) is 13.0 Å². The summed E-state index contributed by atoms with van der Waals surface area (Å²) >= 11 is 0. The number of benzene rings is 1. The predicted octanol–water partition coefficient (Wildman–Crippen LogP) is 1.94. The Kier molecular flexibility index (Phi) is 3.82. The third-order valence-electron chi connectivity index (χ3n) is 4.40. The first-order valence-electron chi connectivity index (χ1n) is 7.59. The Labute approximate surface area is 124 Å². The zero-order chi connectivity index (χ0) is 14.8. The number of nitrogens with one attached hydrogen (secondary N) is 1. The lowest BCUT2D eigenvalue weighted by Gasteiger charge is -2.27. The number of rotatable bonds is 3. The number of carbonyl (C=O) groups is 2. The third-order valence-corrected chi connectivity index (χ3v) is 4.40. The summed E-state index contributed by atoms with van der Waals surface area (Å²) in [6.07, 6.45) is 2.31. The first-order chi connectivity index (χ1) is 10.2. The maximum Gasteiger partial charge on any atom is 0.324 e. The van der Waals surface area contributed by atoms with Gasteiger partial charge in [-0.2, -0.15) is 0 Å². The predicted molar refractivity (Wildman–Crippen MR) is 81.4 cm³/mol. The van der Waals surface area contributed by atoms with Gasteiger partial charge in [0, 0.05) is 25.3 Å². The molecule has 0 saturated carbocycles. The Balaban J connectivity index is 1.74. The number of nitrogens with zero attached hydrogens (tertiary/aromatic N) is 2. The third kappa shape index (κ3) is 2.73. The molecule has 3 rings (SSSR count). The lowest BCUT2D eigenvalue weighted by Crippen LogP contribution is -2.39. The van der Waals surface area contributed by atoms with Gasteiger partial charge in [-0.1, -0.05) is 25.1 Å². The molecule has 0 radical (unpaired) electrons. The number of urea groups is 1. The van der Waals surface area contributed by atoms with Crippen LogP contribution in [0.2, 0.25) is 0 Å². The molecular weight excluding hydrogens is 266 g/mol. The SMILES string of the molecule is C[C@@H]1CCCN(CCN2C(=O)CNC2=O)c2ccccc21. The van der Waals surface area contributed by atoms with Gasteiger partial charge in [-0.3, -0.25) is 9.69 Å². The van der Waals surface area contributed by atoms with Crippen LogP contribution >= 0.6 is 0 Å². The van der Waals surface area contributed by atoms with E-state index in [1.54, 1.807) is 0 Å². The molecule has 2 heterocycles. The first kappa shape index (κ1) is 13.9. The number of carbonyl (C=O) groups excluding carboxylic acids is 2. The summed E-state index contributed by atoms with van der Waals surface area (Å²) in [5, 5.41) is 2.56. The molecule has 1 atom stereocenters. The first-order valence-corrected chi connectivity index (χ1v) is 7.59. The fraction of sp³-hybridized carbons (Fsp3) is 0.500. The van der Waals surface area contributed by atoms with Crippen molar-refractivity contribution < 1.29 is 9.59 Å². The number of fused-ring (bicyclic) bond motifs is 1. The molecule has 0 bridgehead atoms. The van der Waals surface area contributed by atoms with Gasteiger partial charge in [-0.15, -0.1) is 0 Å². The topological polar surface area (TPSA) is 52.6 Å². The highest BCUT2D eigenvalue weighted by Crippen LogP contribution is 2.33. The van der Waals surface area contributed by atoms with E-state index in [9.17, 15) is 9.59 Å².